The van der Waals surface area contributed by atoms with E-state index in [4.69, 9.17) is 11.6 Å². The second-order valence-electron chi connectivity index (χ2n) is 3.99. The average Bonchev–Trinajstić information content (AvgIpc) is 2.24. The van der Waals surface area contributed by atoms with Gasteiger partial charge in [0.1, 0.15) is 6.54 Å². The van der Waals surface area contributed by atoms with Crippen LogP contribution in [0.1, 0.15) is 12.5 Å². The molecule has 1 rings (SSSR count). The van der Waals surface area contributed by atoms with Crippen LogP contribution in [0.15, 0.2) is 18.2 Å². The first-order chi connectivity index (χ1) is 8.35. The Morgan fingerprint density at radius 2 is 2.00 bits per heavy atom. The minimum atomic E-state index is -4.23. The van der Waals surface area contributed by atoms with Crippen LogP contribution in [-0.4, -0.2) is 26.3 Å². The van der Waals surface area contributed by atoms with Crippen molar-refractivity contribution < 1.29 is 13.2 Å². The van der Waals surface area contributed by atoms with Crippen molar-refractivity contribution in [2.45, 2.75) is 19.6 Å². The van der Waals surface area contributed by atoms with E-state index in [9.17, 15) is 13.2 Å². The smallest absolute Gasteiger partial charge is 0.365 e. The molecule has 102 valence electrons. The molecule has 0 bridgehead atoms. The zero-order valence-electron chi connectivity index (χ0n) is 10.3. The monoisotopic (exact) mass is 280 g/mol. The largest absolute Gasteiger partial charge is 0.405 e. The normalized spacial score (nSPS) is 11.7. The van der Waals surface area contributed by atoms with Crippen molar-refractivity contribution in [3.8, 4) is 0 Å². The van der Waals surface area contributed by atoms with Crippen LogP contribution in [0.4, 0.5) is 18.9 Å². The van der Waals surface area contributed by atoms with Crippen molar-refractivity contribution in [1.29, 1.82) is 0 Å². The number of hydrogen-bond acceptors (Lipinski definition) is 2. The topological polar surface area (TPSA) is 15.3 Å². The Morgan fingerprint density at radius 3 is 2.56 bits per heavy atom. The Hall–Kier alpha value is -0.940. The summed E-state index contributed by atoms with van der Waals surface area (Å²) in [5.74, 6) is 0. The lowest BCUT2D eigenvalue weighted by atomic mass is 10.1. The quantitative estimate of drug-likeness (QED) is 0.889. The second kappa shape index (κ2) is 6.29. The highest BCUT2D eigenvalue weighted by Gasteiger charge is 2.30. The van der Waals surface area contributed by atoms with Crippen LogP contribution >= 0.6 is 11.6 Å². The Labute approximate surface area is 110 Å². The molecule has 0 heterocycles. The third-order valence-corrected chi connectivity index (χ3v) is 2.83. The Balaban J connectivity index is 2.96. The van der Waals surface area contributed by atoms with Gasteiger partial charge in [-0.15, -0.1) is 0 Å². The predicted molar refractivity (Wildman–Crippen MR) is 68.2 cm³/mol. The van der Waals surface area contributed by atoms with Gasteiger partial charge in [0.2, 0.25) is 0 Å². The maximum atomic E-state index is 12.4. The molecular formula is C12H16ClF3N2. The van der Waals surface area contributed by atoms with Gasteiger partial charge < -0.3 is 10.2 Å². The van der Waals surface area contributed by atoms with Gasteiger partial charge >= 0.3 is 6.18 Å². The van der Waals surface area contributed by atoms with Crippen molar-refractivity contribution in [3.63, 3.8) is 0 Å². The van der Waals surface area contributed by atoms with Gasteiger partial charge in [-0.3, -0.25) is 0 Å². The third-order valence-electron chi connectivity index (χ3n) is 2.47. The van der Waals surface area contributed by atoms with E-state index in [0.717, 1.165) is 6.54 Å². The van der Waals surface area contributed by atoms with Gasteiger partial charge in [-0.25, -0.2) is 0 Å². The molecule has 0 saturated carbocycles. The maximum absolute atomic E-state index is 12.4. The number of alkyl halides is 3. The van der Waals surface area contributed by atoms with Crippen LogP contribution in [0, 0.1) is 0 Å². The second-order valence-corrected chi connectivity index (χ2v) is 4.40. The summed E-state index contributed by atoms with van der Waals surface area (Å²) in [6.45, 7) is 2.11. The minimum absolute atomic E-state index is 0.452. The van der Waals surface area contributed by atoms with Gasteiger partial charge in [0.25, 0.3) is 0 Å². The molecule has 0 saturated heterocycles. The molecule has 0 amide bonds. The lowest BCUT2D eigenvalue weighted by molar-refractivity contribution is -0.119. The summed E-state index contributed by atoms with van der Waals surface area (Å²) in [6.07, 6.45) is -4.23. The number of hydrogen-bond donors (Lipinski definition) is 1. The number of rotatable bonds is 5. The van der Waals surface area contributed by atoms with E-state index >= 15 is 0 Å². The molecule has 0 unspecified atom stereocenters. The van der Waals surface area contributed by atoms with Crippen molar-refractivity contribution in [1.82, 2.24) is 5.32 Å². The predicted octanol–water partition coefficient (Wildman–Crippen LogP) is 3.45. The molecule has 0 aromatic heterocycles. The Kier molecular flexibility index (Phi) is 5.28. The first-order valence-corrected chi connectivity index (χ1v) is 5.99. The molecule has 0 fully saturated rings. The number of halogens is 4. The minimum Gasteiger partial charge on any atom is -0.365 e. The summed E-state index contributed by atoms with van der Waals surface area (Å²) < 4.78 is 37.2. The lowest BCUT2D eigenvalue weighted by Crippen LogP contribution is -2.32. The van der Waals surface area contributed by atoms with Crippen molar-refractivity contribution >= 4 is 17.3 Å². The van der Waals surface area contributed by atoms with Gasteiger partial charge in [0.15, 0.2) is 0 Å². The van der Waals surface area contributed by atoms with E-state index in [1.165, 1.54) is 11.9 Å². The van der Waals surface area contributed by atoms with E-state index in [0.29, 0.717) is 22.8 Å². The highest BCUT2D eigenvalue weighted by atomic mass is 35.5. The van der Waals surface area contributed by atoms with Crippen molar-refractivity contribution in [3.05, 3.63) is 28.8 Å². The molecule has 1 aromatic rings. The molecule has 0 aliphatic carbocycles. The van der Waals surface area contributed by atoms with Crippen LogP contribution in [0.5, 0.6) is 0 Å². The fourth-order valence-corrected chi connectivity index (χ4v) is 1.92. The van der Waals surface area contributed by atoms with Crippen LogP contribution in [0.25, 0.3) is 0 Å². The van der Waals surface area contributed by atoms with Crippen LogP contribution in [0.3, 0.4) is 0 Å². The van der Waals surface area contributed by atoms with Gasteiger partial charge in [0.05, 0.1) is 0 Å². The summed E-state index contributed by atoms with van der Waals surface area (Å²) >= 11 is 6.03. The average molecular weight is 281 g/mol. The molecule has 0 radical (unpaired) electrons. The lowest BCUT2D eigenvalue weighted by Gasteiger charge is -2.24. The van der Waals surface area contributed by atoms with E-state index in [-0.39, 0.29) is 0 Å². The first kappa shape index (κ1) is 15.1. The SMILES string of the molecule is CCNCc1c(Cl)cccc1N(C)CC(F)(F)F. The summed E-state index contributed by atoms with van der Waals surface area (Å²) in [5.41, 5.74) is 1.19. The highest BCUT2D eigenvalue weighted by Crippen LogP contribution is 2.29. The standard InChI is InChI=1S/C12H16ClF3N2/c1-3-17-7-9-10(13)5-4-6-11(9)18(2)8-12(14,15)16/h4-6,17H,3,7-8H2,1-2H3. The number of anilines is 1. The molecule has 0 atom stereocenters. The molecule has 0 aliphatic heterocycles. The number of nitrogens with one attached hydrogen (secondary N) is 1. The van der Waals surface area contributed by atoms with Crippen LogP contribution in [0.2, 0.25) is 5.02 Å². The molecular weight excluding hydrogens is 265 g/mol. The fourth-order valence-electron chi connectivity index (χ4n) is 1.68. The van der Waals surface area contributed by atoms with Gasteiger partial charge in [-0.2, -0.15) is 13.2 Å². The van der Waals surface area contributed by atoms with Gasteiger partial charge in [0, 0.05) is 29.9 Å². The van der Waals surface area contributed by atoms with Crippen molar-refractivity contribution in [2.24, 2.45) is 0 Å². The summed E-state index contributed by atoms with van der Waals surface area (Å²) in [6, 6.07) is 4.98. The van der Waals surface area contributed by atoms with Crippen molar-refractivity contribution in [2.75, 3.05) is 25.0 Å². The maximum Gasteiger partial charge on any atom is 0.405 e. The zero-order valence-corrected chi connectivity index (χ0v) is 11.1. The van der Waals surface area contributed by atoms with E-state index in [1.807, 2.05) is 6.92 Å². The molecule has 18 heavy (non-hydrogen) atoms. The molecule has 6 heteroatoms. The van der Waals surface area contributed by atoms with E-state index in [1.54, 1.807) is 18.2 Å². The van der Waals surface area contributed by atoms with Crippen LogP contribution in [-0.2, 0) is 6.54 Å². The van der Waals surface area contributed by atoms with E-state index < -0.39 is 12.7 Å². The molecule has 0 spiro atoms. The summed E-state index contributed by atoms with van der Waals surface area (Å²) in [5, 5.41) is 3.55. The van der Waals surface area contributed by atoms with E-state index in [2.05, 4.69) is 5.32 Å². The molecule has 1 aromatic carbocycles. The van der Waals surface area contributed by atoms with Crippen LogP contribution < -0.4 is 10.2 Å². The Bertz CT molecular complexity index is 393. The fraction of sp³-hybridized carbons (Fsp3) is 0.500. The molecule has 0 aliphatic rings. The first-order valence-electron chi connectivity index (χ1n) is 5.61. The van der Waals surface area contributed by atoms with Gasteiger partial charge in [-0.1, -0.05) is 24.6 Å². The zero-order chi connectivity index (χ0) is 13.8. The summed E-state index contributed by atoms with van der Waals surface area (Å²) in [4.78, 5) is 1.17. The highest BCUT2D eigenvalue weighted by molar-refractivity contribution is 6.31. The van der Waals surface area contributed by atoms with Gasteiger partial charge in [-0.05, 0) is 18.7 Å². The summed E-state index contributed by atoms with van der Waals surface area (Å²) in [7, 11) is 1.41. The number of nitrogens with zero attached hydrogens (tertiary/aromatic N) is 1. The number of benzene rings is 1. The third kappa shape index (κ3) is 4.38. The molecule has 2 nitrogen and oxygen atoms in total. The Morgan fingerprint density at radius 1 is 1.33 bits per heavy atom. The molecule has 1 N–H and O–H groups in total.